The number of carbonyl (C=O) groups excluding carboxylic acids is 2. The van der Waals surface area contributed by atoms with Crippen LogP contribution in [0.3, 0.4) is 0 Å². The third-order valence-electron chi connectivity index (χ3n) is 2.38. The molecule has 0 bridgehead atoms. The Morgan fingerprint density at radius 1 is 1.42 bits per heavy atom. The van der Waals surface area contributed by atoms with Crippen molar-refractivity contribution in [2.24, 2.45) is 5.11 Å². The van der Waals surface area contributed by atoms with E-state index in [-0.39, 0.29) is 6.54 Å². The lowest BCUT2D eigenvalue weighted by atomic mass is 10.1. The molecule has 0 fully saturated rings. The zero-order valence-electron chi connectivity index (χ0n) is 10.4. The number of amides is 1. The van der Waals surface area contributed by atoms with Crippen molar-refractivity contribution in [2.75, 3.05) is 13.7 Å². The molecule has 1 atom stereocenters. The van der Waals surface area contributed by atoms with Gasteiger partial charge in [-0.1, -0.05) is 35.4 Å². The van der Waals surface area contributed by atoms with Crippen molar-refractivity contribution in [1.82, 2.24) is 5.32 Å². The third kappa shape index (κ3) is 5.10. The van der Waals surface area contributed by atoms with Crippen LogP contribution < -0.4 is 5.32 Å². The lowest BCUT2D eigenvalue weighted by Gasteiger charge is -2.15. The minimum absolute atomic E-state index is 0.315. The molecular formula is C12H14N4O3. The first kappa shape index (κ1) is 14.5. The van der Waals surface area contributed by atoms with Gasteiger partial charge in [0.2, 0.25) is 5.91 Å². The van der Waals surface area contributed by atoms with E-state index < -0.39 is 17.9 Å². The molecule has 0 heterocycles. The molecule has 0 spiro atoms. The quantitative estimate of drug-likeness (QED) is 0.360. The Bertz CT molecular complexity index is 483. The summed E-state index contributed by atoms with van der Waals surface area (Å²) in [6.07, 6.45) is 0.315. The van der Waals surface area contributed by atoms with Crippen LogP contribution in [0.4, 0.5) is 0 Å². The molecule has 0 radical (unpaired) electrons. The molecule has 0 saturated heterocycles. The second-order valence-electron chi connectivity index (χ2n) is 3.72. The minimum atomic E-state index is -0.797. The molecular weight excluding hydrogens is 248 g/mol. The molecule has 1 N–H and O–H groups in total. The number of methoxy groups -OCH3 is 1. The number of esters is 1. The summed E-state index contributed by atoms with van der Waals surface area (Å²) in [6, 6.07) is 8.42. The first-order chi connectivity index (χ1) is 9.17. The molecule has 7 heteroatoms. The molecule has 0 aliphatic carbocycles. The first-order valence-electron chi connectivity index (χ1n) is 5.59. The van der Waals surface area contributed by atoms with Gasteiger partial charge in [-0.25, -0.2) is 4.79 Å². The van der Waals surface area contributed by atoms with Crippen molar-refractivity contribution >= 4 is 11.9 Å². The fourth-order valence-electron chi connectivity index (χ4n) is 1.52. The van der Waals surface area contributed by atoms with Crippen LogP contribution in [-0.2, 0) is 20.7 Å². The van der Waals surface area contributed by atoms with Gasteiger partial charge in [0.25, 0.3) is 0 Å². The van der Waals surface area contributed by atoms with Gasteiger partial charge in [-0.3, -0.25) is 4.79 Å². The molecule has 1 aromatic carbocycles. The van der Waals surface area contributed by atoms with E-state index in [1.807, 2.05) is 30.3 Å². The molecule has 7 nitrogen and oxygen atoms in total. The molecule has 0 aliphatic heterocycles. The second kappa shape index (κ2) is 7.73. The van der Waals surface area contributed by atoms with Crippen LogP contribution in [0.25, 0.3) is 10.4 Å². The van der Waals surface area contributed by atoms with Gasteiger partial charge in [0, 0.05) is 11.3 Å². The summed E-state index contributed by atoms with van der Waals surface area (Å²) in [5, 5.41) is 5.61. The summed E-state index contributed by atoms with van der Waals surface area (Å²) >= 11 is 0. The van der Waals surface area contributed by atoms with E-state index in [2.05, 4.69) is 20.1 Å². The van der Waals surface area contributed by atoms with E-state index in [0.717, 1.165) is 5.56 Å². The number of carbonyl (C=O) groups is 2. The summed E-state index contributed by atoms with van der Waals surface area (Å²) in [7, 11) is 1.25. The van der Waals surface area contributed by atoms with Crippen LogP contribution in [0, 0.1) is 0 Å². The summed E-state index contributed by atoms with van der Waals surface area (Å²) in [6.45, 7) is -0.348. The lowest BCUT2D eigenvalue weighted by Crippen LogP contribution is -2.43. The topological polar surface area (TPSA) is 104 Å². The van der Waals surface area contributed by atoms with Crippen molar-refractivity contribution in [1.29, 1.82) is 0 Å². The molecule has 0 aromatic heterocycles. The average Bonchev–Trinajstić information content (AvgIpc) is 2.44. The van der Waals surface area contributed by atoms with Crippen LogP contribution >= 0.6 is 0 Å². The molecule has 0 saturated carbocycles. The number of ether oxygens (including phenoxy) is 1. The fourth-order valence-corrected chi connectivity index (χ4v) is 1.52. The number of rotatable bonds is 6. The van der Waals surface area contributed by atoms with Crippen LogP contribution in [0.2, 0.25) is 0 Å². The van der Waals surface area contributed by atoms with Gasteiger partial charge in [0.15, 0.2) is 0 Å². The van der Waals surface area contributed by atoms with Crippen LogP contribution in [-0.4, -0.2) is 31.6 Å². The second-order valence-corrected chi connectivity index (χ2v) is 3.72. The van der Waals surface area contributed by atoms with E-state index >= 15 is 0 Å². The van der Waals surface area contributed by atoms with Crippen molar-refractivity contribution in [2.45, 2.75) is 12.5 Å². The molecule has 100 valence electrons. The number of benzene rings is 1. The molecule has 1 unspecified atom stereocenters. The average molecular weight is 262 g/mol. The molecule has 1 amide bonds. The Hall–Kier alpha value is -2.53. The van der Waals surface area contributed by atoms with Crippen molar-refractivity contribution in [3.05, 3.63) is 46.3 Å². The maximum absolute atomic E-state index is 11.6. The molecule has 19 heavy (non-hydrogen) atoms. The maximum Gasteiger partial charge on any atom is 0.328 e. The van der Waals surface area contributed by atoms with Crippen molar-refractivity contribution in [3.8, 4) is 0 Å². The Kier molecular flexibility index (Phi) is 5.91. The fraction of sp³-hybridized carbons (Fsp3) is 0.333. The van der Waals surface area contributed by atoms with E-state index in [4.69, 9.17) is 5.53 Å². The predicted octanol–water partition coefficient (Wildman–Crippen LogP) is 1.20. The number of hydrogen-bond donors (Lipinski definition) is 1. The largest absolute Gasteiger partial charge is 0.467 e. The monoisotopic (exact) mass is 262 g/mol. The molecule has 0 aliphatic rings. The number of nitrogens with one attached hydrogen (secondary N) is 1. The molecule has 1 rings (SSSR count). The lowest BCUT2D eigenvalue weighted by molar-refractivity contribution is -0.144. The Balaban J connectivity index is 2.70. The van der Waals surface area contributed by atoms with Gasteiger partial charge in [-0.2, -0.15) is 0 Å². The maximum atomic E-state index is 11.6. The van der Waals surface area contributed by atoms with E-state index in [1.54, 1.807) is 0 Å². The predicted molar refractivity (Wildman–Crippen MR) is 68.1 cm³/mol. The van der Waals surface area contributed by atoms with Crippen LogP contribution in [0.1, 0.15) is 5.56 Å². The van der Waals surface area contributed by atoms with E-state index in [1.165, 1.54) is 7.11 Å². The standard InChI is InChI=1S/C12H14N4O3/c1-19-12(18)10(15-11(17)8-14-16-13)7-9-5-3-2-4-6-9/h2-6,10H,7-8H2,1H3,(H,15,17). The smallest absolute Gasteiger partial charge is 0.328 e. The number of azide groups is 1. The Morgan fingerprint density at radius 3 is 2.68 bits per heavy atom. The number of nitrogens with zero attached hydrogens (tertiary/aromatic N) is 3. The van der Waals surface area contributed by atoms with Crippen molar-refractivity contribution < 1.29 is 14.3 Å². The van der Waals surface area contributed by atoms with Gasteiger partial charge in [0.05, 0.1) is 7.11 Å². The van der Waals surface area contributed by atoms with Crippen LogP contribution in [0.15, 0.2) is 35.4 Å². The highest BCUT2D eigenvalue weighted by Crippen LogP contribution is 2.04. The molecule has 1 aromatic rings. The van der Waals surface area contributed by atoms with Crippen molar-refractivity contribution in [3.63, 3.8) is 0 Å². The van der Waals surface area contributed by atoms with E-state index in [9.17, 15) is 9.59 Å². The van der Waals surface area contributed by atoms with Gasteiger partial charge < -0.3 is 10.1 Å². The van der Waals surface area contributed by atoms with Gasteiger partial charge in [-0.05, 0) is 11.1 Å². The minimum Gasteiger partial charge on any atom is -0.467 e. The highest BCUT2D eigenvalue weighted by Gasteiger charge is 2.21. The highest BCUT2D eigenvalue weighted by molar-refractivity contribution is 5.85. The highest BCUT2D eigenvalue weighted by atomic mass is 16.5. The zero-order chi connectivity index (χ0) is 14.1. The zero-order valence-corrected chi connectivity index (χ0v) is 10.4. The van der Waals surface area contributed by atoms with E-state index in [0.29, 0.717) is 6.42 Å². The first-order valence-corrected chi connectivity index (χ1v) is 5.59. The summed E-state index contributed by atoms with van der Waals surface area (Å²) in [5.74, 6) is -1.07. The van der Waals surface area contributed by atoms with Gasteiger partial charge in [0.1, 0.15) is 12.6 Å². The normalized spacial score (nSPS) is 11.0. The third-order valence-corrected chi connectivity index (χ3v) is 2.38. The number of hydrogen-bond acceptors (Lipinski definition) is 4. The summed E-state index contributed by atoms with van der Waals surface area (Å²) < 4.78 is 4.63. The summed E-state index contributed by atoms with van der Waals surface area (Å²) in [4.78, 5) is 25.5. The van der Waals surface area contributed by atoms with Gasteiger partial charge in [-0.15, -0.1) is 0 Å². The Morgan fingerprint density at radius 2 is 2.11 bits per heavy atom. The Labute approximate surface area is 110 Å². The SMILES string of the molecule is COC(=O)C(Cc1ccccc1)NC(=O)CN=[N+]=[N-]. The van der Waals surface area contributed by atoms with Crippen LogP contribution in [0.5, 0.6) is 0 Å². The van der Waals surface area contributed by atoms with Gasteiger partial charge >= 0.3 is 5.97 Å². The summed E-state index contributed by atoms with van der Waals surface area (Å²) in [5.41, 5.74) is 9.02.